The van der Waals surface area contributed by atoms with E-state index in [4.69, 9.17) is 8.85 Å². The minimum atomic E-state index is -0.573. The molecular weight excluding hydrogens is 236 g/mol. The molecule has 0 rings (SSSR count). The Morgan fingerprint density at radius 2 is 1.94 bits per heavy atom. The van der Waals surface area contributed by atoms with E-state index < -0.39 is 15.4 Å². The minimum absolute atomic E-state index is 0.118. The van der Waals surface area contributed by atoms with E-state index >= 15 is 0 Å². The Kier molecular flexibility index (Phi) is 5.65. The monoisotopic (exact) mass is 260 g/mol. The summed E-state index contributed by atoms with van der Waals surface area (Å²) in [6.07, 6.45) is 1.21. The van der Waals surface area contributed by atoms with Crippen molar-refractivity contribution < 1.29 is 13.6 Å². The van der Waals surface area contributed by atoms with Crippen LogP contribution < -0.4 is 0 Å². The van der Waals surface area contributed by atoms with Crippen molar-refractivity contribution in [3.63, 3.8) is 0 Å². The average molecular weight is 260 g/mol. The summed E-state index contributed by atoms with van der Waals surface area (Å²) in [6.45, 7) is 13.8. The summed E-state index contributed by atoms with van der Waals surface area (Å²) in [5.41, 5.74) is -0.484. The van der Waals surface area contributed by atoms with Crippen LogP contribution in [0.1, 0.15) is 34.6 Å². The van der Waals surface area contributed by atoms with Crippen LogP contribution in [0.2, 0.25) is 5.04 Å². The lowest BCUT2D eigenvalue weighted by molar-refractivity contribution is -0.156. The van der Waals surface area contributed by atoms with Gasteiger partial charge in [0.1, 0.15) is 16.1 Å². The normalized spacial score (nSPS) is 15.3. The van der Waals surface area contributed by atoms with Crippen LogP contribution in [-0.4, -0.2) is 31.8 Å². The van der Waals surface area contributed by atoms with Crippen LogP contribution >= 0.6 is 0 Å². The highest BCUT2D eigenvalue weighted by atomic mass is 28.3. The summed E-state index contributed by atoms with van der Waals surface area (Å²) in [5, 5.41) is 0.118. The van der Waals surface area contributed by atoms with E-state index in [1.165, 1.54) is 6.08 Å². The van der Waals surface area contributed by atoms with Gasteiger partial charge in [0.25, 0.3) is 0 Å². The molecule has 0 aromatic rings. The highest BCUT2D eigenvalue weighted by Gasteiger charge is 2.40. The number of carbonyl (C=O) groups is 1. The van der Waals surface area contributed by atoms with E-state index in [1.807, 2.05) is 13.8 Å². The Hall–Kier alpha value is -0.396. The fourth-order valence-electron chi connectivity index (χ4n) is 1.83. The van der Waals surface area contributed by atoms with Crippen molar-refractivity contribution in [1.29, 1.82) is 0 Å². The van der Waals surface area contributed by atoms with Gasteiger partial charge in [-0.1, -0.05) is 27.4 Å². The van der Waals surface area contributed by atoms with Crippen LogP contribution in [0.5, 0.6) is 0 Å². The topological polar surface area (TPSA) is 35.5 Å². The third-order valence-electron chi connectivity index (χ3n) is 3.26. The van der Waals surface area contributed by atoms with Crippen LogP contribution in [0.25, 0.3) is 0 Å². The number of hydrogen-bond acceptors (Lipinski definition) is 3. The summed E-state index contributed by atoms with van der Waals surface area (Å²) >= 11 is 0. The Balaban J connectivity index is 4.73. The first-order chi connectivity index (χ1) is 7.17. The van der Waals surface area contributed by atoms with Crippen molar-refractivity contribution in [2.24, 2.45) is 5.92 Å². The predicted molar refractivity (Wildman–Crippen MR) is 73.1 cm³/mol. The van der Waals surface area contributed by atoms with E-state index in [-0.39, 0.29) is 16.9 Å². The lowest BCUT2D eigenvalue weighted by Gasteiger charge is -2.41. The van der Waals surface area contributed by atoms with Crippen molar-refractivity contribution in [2.45, 2.75) is 45.3 Å². The zero-order chi connectivity index (χ0) is 13.0. The quantitative estimate of drug-likeness (QED) is 0.401. The smallest absolute Gasteiger partial charge is 0.330 e. The van der Waals surface area contributed by atoms with Gasteiger partial charge in [-0.3, -0.25) is 0 Å². The second-order valence-corrected chi connectivity index (χ2v) is 9.79. The molecule has 0 N–H and O–H groups in total. The van der Waals surface area contributed by atoms with E-state index in [0.717, 1.165) is 10.5 Å². The molecule has 94 valence electrons. The van der Waals surface area contributed by atoms with E-state index in [9.17, 15) is 4.79 Å². The highest BCUT2D eigenvalue weighted by Crippen LogP contribution is 2.41. The molecule has 0 fully saturated rings. The van der Waals surface area contributed by atoms with Crippen LogP contribution in [0.15, 0.2) is 12.7 Å². The van der Waals surface area contributed by atoms with Gasteiger partial charge in [0, 0.05) is 6.08 Å². The molecule has 0 heterocycles. The number of hydrogen-bond donors (Lipinski definition) is 0. The molecule has 0 radical (unpaired) electrons. The van der Waals surface area contributed by atoms with Crippen molar-refractivity contribution in [3.05, 3.63) is 12.7 Å². The SMILES string of the molecule is C=CC(=O)OC(C)(C)C(C)C(C)(C)[SiH2]O[SiH3]. The lowest BCUT2D eigenvalue weighted by Crippen LogP contribution is -2.42. The summed E-state index contributed by atoms with van der Waals surface area (Å²) in [6, 6.07) is 0. The third kappa shape index (κ3) is 4.23. The maximum absolute atomic E-state index is 11.3. The van der Waals surface area contributed by atoms with Crippen LogP contribution in [0, 0.1) is 5.92 Å². The number of carbonyl (C=O) groups excluding carboxylic acids is 1. The Bertz CT molecular complexity index is 262. The minimum Gasteiger partial charge on any atom is -0.468 e. The number of ether oxygens (including phenoxy) is 1. The lowest BCUT2D eigenvalue weighted by atomic mass is 9.82. The zero-order valence-corrected chi connectivity index (χ0v) is 14.7. The first-order valence-corrected chi connectivity index (χ1v) is 7.62. The van der Waals surface area contributed by atoms with Gasteiger partial charge in [-0.25, -0.2) is 4.79 Å². The van der Waals surface area contributed by atoms with Crippen LogP contribution in [0.3, 0.4) is 0 Å². The van der Waals surface area contributed by atoms with E-state index in [1.54, 1.807) is 0 Å². The molecule has 0 aliphatic heterocycles. The molecule has 0 aromatic carbocycles. The van der Waals surface area contributed by atoms with Gasteiger partial charge in [0.2, 0.25) is 0 Å². The standard InChI is InChI=1S/C11H24O3Si2/c1-7-9(12)13-10(3,4)8(2)11(5,6)16-14-15/h7-8H,1,16H2,2-6,15H3. The summed E-state index contributed by atoms with van der Waals surface area (Å²) in [4.78, 5) is 11.3. The molecule has 0 spiro atoms. The van der Waals surface area contributed by atoms with Crippen molar-refractivity contribution in [3.8, 4) is 0 Å². The Morgan fingerprint density at radius 3 is 2.31 bits per heavy atom. The molecule has 5 heteroatoms. The first kappa shape index (κ1) is 15.6. The Morgan fingerprint density at radius 1 is 1.44 bits per heavy atom. The van der Waals surface area contributed by atoms with Gasteiger partial charge in [0.15, 0.2) is 9.76 Å². The van der Waals surface area contributed by atoms with E-state index in [0.29, 0.717) is 0 Å². The van der Waals surface area contributed by atoms with Crippen LogP contribution in [-0.2, 0) is 13.6 Å². The van der Waals surface area contributed by atoms with Gasteiger partial charge in [-0.2, -0.15) is 0 Å². The second-order valence-electron chi connectivity index (χ2n) is 5.37. The van der Waals surface area contributed by atoms with Crippen molar-refractivity contribution in [1.82, 2.24) is 0 Å². The first-order valence-electron chi connectivity index (χ1n) is 5.51. The summed E-state index contributed by atoms with van der Waals surface area (Å²) < 4.78 is 10.9. The maximum Gasteiger partial charge on any atom is 0.330 e. The maximum atomic E-state index is 11.3. The van der Waals surface area contributed by atoms with Gasteiger partial charge < -0.3 is 8.85 Å². The van der Waals surface area contributed by atoms with Gasteiger partial charge in [-0.05, 0) is 24.8 Å². The van der Waals surface area contributed by atoms with Gasteiger partial charge >= 0.3 is 5.97 Å². The van der Waals surface area contributed by atoms with Gasteiger partial charge in [-0.15, -0.1) is 0 Å². The fraction of sp³-hybridized carbons (Fsp3) is 0.727. The molecule has 0 saturated carbocycles. The summed E-state index contributed by atoms with van der Waals surface area (Å²) in [5.74, 6) is -0.106. The molecule has 0 amide bonds. The molecule has 3 nitrogen and oxygen atoms in total. The van der Waals surface area contributed by atoms with E-state index in [2.05, 4.69) is 27.4 Å². The molecule has 1 atom stereocenters. The van der Waals surface area contributed by atoms with Crippen molar-refractivity contribution in [2.75, 3.05) is 0 Å². The molecule has 0 saturated heterocycles. The third-order valence-corrected chi connectivity index (χ3v) is 5.77. The molecule has 1 unspecified atom stereocenters. The number of esters is 1. The molecule has 0 aliphatic rings. The second kappa shape index (κ2) is 5.79. The van der Waals surface area contributed by atoms with Gasteiger partial charge in [0.05, 0.1) is 0 Å². The molecule has 0 bridgehead atoms. The largest absolute Gasteiger partial charge is 0.468 e. The zero-order valence-electron chi connectivity index (χ0n) is 11.3. The van der Waals surface area contributed by atoms with Crippen molar-refractivity contribution >= 4 is 26.2 Å². The fourth-order valence-corrected chi connectivity index (χ4v) is 5.54. The molecule has 0 aromatic heterocycles. The van der Waals surface area contributed by atoms with Crippen LogP contribution in [0.4, 0.5) is 0 Å². The molecule has 0 aliphatic carbocycles. The Labute approximate surface area is 104 Å². The number of rotatable bonds is 6. The summed E-state index contributed by atoms with van der Waals surface area (Å²) in [7, 11) is 0.216. The predicted octanol–water partition coefficient (Wildman–Crippen LogP) is 0.710. The molecular formula is C11H24O3Si2. The highest BCUT2D eigenvalue weighted by molar-refractivity contribution is 6.38. The molecule has 16 heavy (non-hydrogen) atoms. The average Bonchev–Trinajstić information content (AvgIpc) is 2.15.